The molecule has 0 saturated carbocycles. The van der Waals surface area contributed by atoms with E-state index < -0.39 is 11.9 Å². The summed E-state index contributed by atoms with van der Waals surface area (Å²) < 4.78 is 1.05. The van der Waals surface area contributed by atoms with Gasteiger partial charge in [-0.2, -0.15) is 5.10 Å². The van der Waals surface area contributed by atoms with Gasteiger partial charge in [-0.15, -0.1) is 0 Å². The molecule has 1 heterocycles. The van der Waals surface area contributed by atoms with Crippen molar-refractivity contribution < 1.29 is 14.7 Å². The number of amides is 1. The van der Waals surface area contributed by atoms with Gasteiger partial charge in [-0.1, -0.05) is 18.2 Å². The molecule has 0 aliphatic heterocycles. The fraction of sp³-hybridized carbons (Fsp3) is 0.231. The first kappa shape index (κ1) is 13.7. The topological polar surface area (TPSA) is 101 Å². The third kappa shape index (κ3) is 3.19. The maximum absolute atomic E-state index is 12.1. The number of carbonyl (C=O) groups excluding carboxylic acids is 1. The predicted octanol–water partition coefficient (Wildman–Crippen LogP) is -0.0126. The number of benzene rings is 1. The lowest BCUT2D eigenvalue weighted by Gasteiger charge is -2.06. The van der Waals surface area contributed by atoms with E-state index in [1.807, 2.05) is 0 Å². The second-order valence-electron chi connectivity index (χ2n) is 4.19. The maximum Gasteiger partial charge on any atom is 0.305 e. The lowest BCUT2D eigenvalue weighted by molar-refractivity contribution is -0.136. The number of hydrogen-bond acceptors (Lipinski definition) is 4. The highest BCUT2D eigenvalue weighted by Gasteiger charge is 2.08. The molecule has 1 aromatic heterocycles. The van der Waals surface area contributed by atoms with Crippen LogP contribution in [0.5, 0.6) is 0 Å². The molecule has 104 valence electrons. The van der Waals surface area contributed by atoms with Crippen molar-refractivity contribution in [2.45, 2.75) is 13.0 Å². The molecule has 0 spiro atoms. The van der Waals surface area contributed by atoms with Crippen LogP contribution in [0.25, 0.3) is 10.8 Å². The molecule has 0 saturated heterocycles. The minimum absolute atomic E-state index is 0.0243. The average Bonchev–Trinajstić information content (AvgIpc) is 2.42. The third-order valence-electron chi connectivity index (χ3n) is 2.72. The van der Waals surface area contributed by atoms with E-state index in [0.29, 0.717) is 10.8 Å². The first-order valence-corrected chi connectivity index (χ1v) is 6.01. The summed E-state index contributed by atoms with van der Waals surface area (Å²) in [5.41, 5.74) is -0.350. The van der Waals surface area contributed by atoms with Gasteiger partial charge >= 0.3 is 5.97 Å². The number of aliphatic carboxylic acids is 1. The summed E-state index contributed by atoms with van der Waals surface area (Å²) in [6.45, 7) is -0.209. The highest BCUT2D eigenvalue weighted by Crippen LogP contribution is 2.06. The van der Waals surface area contributed by atoms with Gasteiger partial charge in [0.25, 0.3) is 5.56 Å². The summed E-state index contributed by atoms with van der Waals surface area (Å²) in [5, 5.41) is 16.0. The van der Waals surface area contributed by atoms with Crippen LogP contribution in [0.15, 0.2) is 35.3 Å². The van der Waals surface area contributed by atoms with Crippen molar-refractivity contribution in [3.8, 4) is 0 Å². The van der Waals surface area contributed by atoms with Crippen molar-refractivity contribution in [1.82, 2.24) is 15.1 Å². The van der Waals surface area contributed by atoms with Crippen LogP contribution in [0.1, 0.15) is 6.42 Å². The summed E-state index contributed by atoms with van der Waals surface area (Å²) in [5.74, 6) is -1.44. The third-order valence-corrected chi connectivity index (χ3v) is 2.72. The van der Waals surface area contributed by atoms with Gasteiger partial charge in [-0.25, -0.2) is 4.68 Å². The van der Waals surface area contributed by atoms with Crippen LogP contribution in [0.3, 0.4) is 0 Å². The van der Waals surface area contributed by atoms with Gasteiger partial charge in [-0.05, 0) is 6.07 Å². The Hall–Kier alpha value is -2.70. The molecular weight excluding hydrogens is 262 g/mol. The van der Waals surface area contributed by atoms with E-state index >= 15 is 0 Å². The molecular formula is C13H13N3O4. The number of carbonyl (C=O) groups is 2. The van der Waals surface area contributed by atoms with E-state index in [9.17, 15) is 14.4 Å². The highest BCUT2D eigenvalue weighted by atomic mass is 16.4. The Morgan fingerprint density at radius 3 is 2.80 bits per heavy atom. The number of nitrogens with one attached hydrogen (secondary N) is 1. The maximum atomic E-state index is 12.1. The van der Waals surface area contributed by atoms with Gasteiger partial charge in [-0.3, -0.25) is 14.4 Å². The molecule has 0 radical (unpaired) electrons. The fourth-order valence-corrected chi connectivity index (χ4v) is 1.74. The Morgan fingerprint density at radius 2 is 2.05 bits per heavy atom. The molecule has 0 bridgehead atoms. The molecule has 0 unspecified atom stereocenters. The minimum Gasteiger partial charge on any atom is -0.481 e. The molecule has 2 rings (SSSR count). The zero-order chi connectivity index (χ0) is 14.5. The normalized spacial score (nSPS) is 10.4. The zero-order valence-corrected chi connectivity index (χ0v) is 10.6. The largest absolute Gasteiger partial charge is 0.481 e. The van der Waals surface area contributed by atoms with Gasteiger partial charge in [0, 0.05) is 11.9 Å². The van der Waals surface area contributed by atoms with Crippen molar-refractivity contribution >= 4 is 22.6 Å². The fourth-order valence-electron chi connectivity index (χ4n) is 1.74. The molecule has 2 aromatic rings. The van der Waals surface area contributed by atoms with E-state index in [1.165, 1.54) is 6.20 Å². The lowest BCUT2D eigenvalue weighted by atomic mass is 10.2. The number of carboxylic acid groups (broad SMARTS) is 1. The molecule has 0 aliphatic carbocycles. The Balaban J connectivity index is 2.10. The summed E-state index contributed by atoms with van der Waals surface area (Å²) in [6.07, 6.45) is 1.35. The van der Waals surface area contributed by atoms with Crippen LogP contribution < -0.4 is 10.9 Å². The van der Waals surface area contributed by atoms with Gasteiger partial charge < -0.3 is 10.4 Å². The van der Waals surface area contributed by atoms with Gasteiger partial charge in [0.05, 0.1) is 18.0 Å². The van der Waals surface area contributed by atoms with Gasteiger partial charge in [0.1, 0.15) is 6.54 Å². The number of carboxylic acids is 1. The van der Waals surface area contributed by atoms with Crippen LogP contribution in [0.2, 0.25) is 0 Å². The molecule has 1 aromatic carbocycles. The molecule has 1 amide bonds. The predicted molar refractivity (Wildman–Crippen MR) is 71.3 cm³/mol. The van der Waals surface area contributed by atoms with E-state index in [0.717, 1.165) is 4.68 Å². The molecule has 0 fully saturated rings. The average molecular weight is 275 g/mol. The Labute approximate surface area is 113 Å². The molecule has 7 nitrogen and oxygen atoms in total. The SMILES string of the molecule is O=C(O)CCNC(=O)Cn1ncc2ccccc2c1=O. The highest BCUT2D eigenvalue weighted by molar-refractivity contribution is 5.81. The lowest BCUT2D eigenvalue weighted by Crippen LogP contribution is -2.34. The standard InChI is InChI=1S/C13H13N3O4/c17-11(14-6-5-12(18)19)8-16-13(20)10-4-2-1-3-9(10)7-15-16/h1-4,7H,5-6,8H2,(H,14,17)(H,18,19). The van der Waals surface area contributed by atoms with Crippen LogP contribution in [-0.2, 0) is 16.1 Å². The number of nitrogens with zero attached hydrogens (tertiary/aromatic N) is 2. The molecule has 20 heavy (non-hydrogen) atoms. The first-order chi connectivity index (χ1) is 9.58. The molecule has 0 atom stereocenters. The summed E-state index contributed by atoms with van der Waals surface area (Å²) in [7, 11) is 0. The van der Waals surface area contributed by atoms with Crippen LogP contribution in [-0.4, -0.2) is 33.3 Å². The second-order valence-corrected chi connectivity index (χ2v) is 4.19. The monoisotopic (exact) mass is 275 g/mol. The Bertz CT molecular complexity index is 708. The Morgan fingerprint density at radius 1 is 1.30 bits per heavy atom. The van der Waals surface area contributed by atoms with E-state index in [2.05, 4.69) is 10.4 Å². The van der Waals surface area contributed by atoms with E-state index in [-0.39, 0.29) is 25.1 Å². The molecule has 0 aliphatic rings. The van der Waals surface area contributed by atoms with Crippen molar-refractivity contribution in [2.75, 3.05) is 6.54 Å². The van der Waals surface area contributed by atoms with Crippen LogP contribution in [0, 0.1) is 0 Å². The Kier molecular flexibility index (Phi) is 4.09. The van der Waals surface area contributed by atoms with Gasteiger partial charge in [0.2, 0.25) is 5.91 Å². The van der Waals surface area contributed by atoms with Crippen molar-refractivity contribution in [3.63, 3.8) is 0 Å². The van der Waals surface area contributed by atoms with Gasteiger partial charge in [0.15, 0.2) is 0 Å². The smallest absolute Gasteiger partial charge is 0.305 e. The first-order valence-electron chi connectivity index (χ1n) is 6.01. The van der Waals surface area contributed by atoms with E-state index in [1.54, 1.807) is 24.3 Å². The summed E-state index contributed by atoms with van der Waals surface area (Å²) in [6, 6.07) is 6.96. The number of aromatic nitrogens is 2. The second kappa shape index (κ2) is 5.96. The number of fused-ring (bicyclic) bond motifs is 1. The quantitative estimate of drug-likeness (QED) is 0.799. The molecule has 7 heteroatoms. The van der Waals surface area contributed by atoms with Crippen LogP contribution in [0.4, 0.5) is 0 Å². The summed E-state index contributed by atoms with van der Waals surface area (Å²) in [4.78, 5) is 34.0. The number of hydrogen-bond donors (Lipinski definition) is 2. The minimum atomic E-state index is -0.994. The van der Waals surface area contributed by atoms with E-state index in [4.69, 9.17) is 5.11 Å². The molecule has 2 N–H and O–H groups in total. The number of rotatable bonds is 5. The van der Waals surface area contributed by atoms with Crippen molar-refractivity contribution in [2.24, 2.45) is 0 Å². The summed E-state index contributed by atoms with van der Waals surface area (Å²) >= 11 is 0. The van der Waals surface area contributed by atoms with Crippen molar-refractivity contribution in [1.29, 1.82) is 0 Å². The zero-order valence-electron chi connectivity index (χ0n) is 10.6. The van der Waals surface area contributed by atoms with Crippen LogP contribution >= 0.6 is 0 Å². The van der Waals surface area contributed by atoms with Crippen molar-refractivity contribution in [3.05, 3.63) is 40.8 Å².